The second-order valence-electron chi connectivity index (χ2n) is 9.56. The van der Waals surface area contributed by atoms with Gasteiger partial charge in [-0.15, -0.1) is 0 Å². The van der Waals surface area contributed by atoms with Crippen molar-refractivity contribution >= 4 is 5.91 Å². The molecule has 0 aromatic heterocycles. The van der Waals surface area contributed by atoms with Crippen LogP contribution in [0.4, 0.5) is 0 Å². The SMILES string of the molecule is CC12CC3CC(C)(C1)CC(CC(=O)NC1CCNC1)(C3)C2. The summed E-state index contributed by atoms with van der Waals surface area (Å²) in [6.45, 7) is 6.98. The van der Waals surface area contributed by atoms with Gasteiger partial charge in [-0.3, -0.25) is 4.79 Å². The number of hydrogen-bond donors (Lipinski definition) is 2. The van der Waals surface area contributed by atoms with Crippen LogP contribution in [0.25, 0.3) is 0 Å². The third-order valence-corrected chi connectivity index (χ3v) is 6.70. The highest BCUT2D eigenvalue weighted by Gasteiger charge is 2.60. The van der Waals surface area contributed by atoms with Crippen molar-refractivity contribution in [3.8, 4) is 0 Å². The van der Waals surface area contributed by atoms with Crippen LogP contribution in [0.1, 0.15) is 65.2 Å². The van der Waals surface area contributed by atoms with Gasteiger partial charge in [-0.2, -0.15) is 0 Å². The molecule has 1 aliphatic heterocycles. The molecule has 5 rings (SSSR count). The van der Waals surface area contributed by atoms with Gasteiger partial charge in [-0.05, 0) is 73.7 Å². The number of rotatable bonds is 3. The zero-order valence-electron chi connectivity index (χ0n) is 13.6. The highest BCUT2D eigenvalue weighted by atomic mass is 16.1. The minimum absolute atomic E-state index is 0.317. The van der Waals surface area contributed by atoms with E-state index in [4.69, 9.17) is 0 Å². The van der Waals surface area contributed by atoms with Crippen molar-refractivity contribution < 1.29 is 4.79 Å². The maximum absolute atomic E-state index is 12.6. The molecule has 3 unspecified atom stereocenters. The molecule has 0 spiro atoms. The fraction of sp³-hybridized carbons (Fsp3) is 0.944. The van der Waals surface area contributed by atoms with Gasteiger partial charge in [0.2, 0.25) is 5.91 Å². The normalized spacial score (nSPS) is 51.3. The van der Waals surface area contributed by atoms with Gasteiger partial charge < -0.3 is 10.6 Å². The van der Waals surface area contributed by atoms with Crippen LogP contribution in [0.15, 0.2) is 0 Å². The molecule has 1 saturated heterocycles. The van der Waals surface area contributed by atoms with Crippen LogP contribution in [-0.2, 0) is 4.79 Å². The Morgan fingerprint density at radius 1 is 1.14 bits per heavy atom. The number of carbonyl (C=O) groups is 1. The van der Waals surface area contributed by atoms with Gasteiger partial charge in [0.1, 0.15) is 0 Å². The molecule has 118 valence electrons. The lowest BCUT2D eigenvalue weighted by Crippen LogP contribution is -2.56. The molecule has 5 aliphatic rings. The quantitative estimate of drug-likeness (QED) is 0.839. The van der Waals surface area contributed by atoms with Gasteiger partial charge in [0.15, 0.2) is 0 Å². The number of hydrogen-bond acceptors (Lipinski definition) is 2. The van der Waals surface area contributed by atoms with Gasteiger partial charge >= 0.3 is 0 Å². The highest BCUT2D eigenvalue weighted by Crippen LogP contribution is 2.70. The van der Waals surface area contributed by atoms with Crippen LogP contribution in [0.2, 0.25) is 0 Å². The van der Waals surface area contributed by atoms with E-state index in [9.17, 15) is 4.79 Å². The van der Waals surface area contributed by atoms with E-state index in [-0.39, 0.29) is 0 Å². The fourth-order valence-corrected chi connectivity index (χ4v) is 7.28. The Balaban J connectivity index is 1.47. The first-order chi connectivity index (χ1) is 9.88. The van der Waals surface area contributed by atoms with Gasteiger partial charge in [-0.25, -0.2) is 0 Å². The number of nitrogens with one attached hydrogen (secondary N) is 2. The summed E-state index contributed by atoms with van der Waals surface area (Å²) in [4.78, 5) is 12.6. The summed E-state index contributed by atoms with van der Waals surface area (Å²) in [5.74, 6) is 1.20. The Bertz CT molecular complexity index is 436. The molecule has 2 N–H and O–H groups in total. The predicted octanol–water partition coefficient (Wildman–Crippen LogP) is 2.85. The molecule has 4 saturated carbocycles. The van der Waals surface area contributed by atoms with Crippen molar-refractivity contribution in [3.63, 3.8) is 0 Å². The topological polar surface area (TPSA) is 41.1 Å². The molecule has 1 heterocycles. The first-order valence-corrected chi connectivity index (χ1v) is 8.88. The predicted molar refractivity (Wildman–Crippen MR) is 83.9 cm³/mol. The van der Waals surface area contributed by atoms with Crippen LogP contribution >= 0.6 is 0 Å². The molecule has 5 fully saturated rings. The zero-order chi connectivity index (χ0) is 14.7. The van der Waals surface area contributed by atoms with Crippen LogP contribution in [0, 0.1) is 22.2 Å². The number of carbonyl (C=O) groups excluding carboxylic acids is 1. The van der Waals surface area contributed by atoms with E-state index >= 15 is 0 Å². The molecule has 0 radical (unpaired) electrons. The van der Waals surface area contributed by atoms with Crippen molar-refractivity contribution in [1.82, 2.24) is 10.6 Å². The van der Waals surface area contributed by atoms with E-state index in [0.29, 0.717) is 28.2 Å². The van der Waals surface area contributed by atoms with Crippen LogP contribution < -0.4 is 10.6 Å². The summed E-state index contributed by atoms with van der Waals surface area (Å²) < 4.78 is 0. The number of amides is 1. The Morgan fingerprint density at radius 2 is 1.86 bits per heavy atom. The van der Waals surface area contributed by atoms with Gasteiger partial charge in [0, 0.05) is 19.0 Å². The lowest BCUT2D eigenvalue weighted by atomic mass is 9.40. The van der Waals surface area contributed by atoms with E-state index in [1.165, 1.54) is 38.5 Å². The first-order valence-electron chi connectivity index (χ1n) is 8.88. The molecule has 3 atom stereocenters. The van der Waals surface area contributed by atoms with Gasteiger partial charge in [-0.1, -0.05) is 13.8 Å². The Kier molecular flexibility index (Phi) is 2.99. The van der Waals surface area contributed by atoms with E-state index in [2.05, 4.69) is 24.5 Å². The molecule has 1 amide bonds. The van der Waals surface area contributed by atoms with E-state index < -0.39 is 0 Å². The largest absolute Gasteiger partial charge is 0.352 e. The summed E-state index contributed by atoms with van der Waals surface area (Å²) in [5.41, 5.74) is 1.35. The average Bonchev–Trinajstić information content (AvgIpc) is 2.74. The molecular formula is C18H30N2O. The van der Waals surface area contributed by atoms with Crippen molar-refractivity contribution in [2.24, 2.45) is 22.2 Å². The smallest absolute Gasteiger partial charge is 0.220 e. The maximum atomic E-state index is 12.6. The Labute approximate surface area is 128 Å². The van der Waals surface area contributed by atoms with Crippen molar-refractivity contribution in [2.75, 3.05) is 13.1 Å². The minimum Gasteiger partial charge on any atom is -0.352 e. The van der Waals surface area contributed by atoms with Crippen LogP contribution in [-0.4, -0.2) is 25.0 Å². The molecule has 3 heteroatoms. The molecule has 0 aromatic carbocycles. The Hall–Kier alpha value is -0.570. The Morgan fingerprint density at radius 3 is 2.43 bits per heavy atom. The highest BCUT2D eigenvalue weighted by molar-refractivity contribution is 5.77. The maximum Gasteiger partial charge on any atom is 0.220 e. The lowest BCUT2D eigenvalue weighted by molar-refractivity contribution is -0.156. The second-order valence-corrected chi connectivity index (χ2v) is 9.56. The summed E-state index contributed by atoms with van der Waals surface area (Å²) in [6, 6.07) is 0.373. The minimum atomic E-state index is 0.317. The van der Waals surface area contributed by atoms with Crippen molar-refractivity contribution in [2.45, 2.75) is 71.3 Å². The molecule has 0 aromatic rings. The van der Waals surface area contributed by atoms with Gasteiger partial charge in [0.05, 0.1) is 0 Å². The van der Waals surface area contributed by atoms with E-state index in [0.717, 1.165) is 31.8 Å². The van der Waals surface area contributed by atoms with E-state index in [1.54, 1.807) is 0 Å². The molecular weight excluding hydrogens is 260 g/mol. The zero-order valence-corrected chi connectivity index (χ0v) is 13.6. The standard InChI is InChI=1S/C18H30N2O/c1-16-5-13-6-17(2,10-16)12-18(7-13,11-16)8-15(21)20-14-3-4-19-9-14/h13-14,19H,3-12H2,1-2H3,(H,20,21). The summed E-state index contributed by atoms with van der Waals surface area (Å²) in [6.07, 6.45) is 10.0. The summed E-state index contributed by atoms with van der Waals surface area (Å²) in [7, 11) is 0. The summed E-state index contributed by atoms with van der Waals surface area (Å²) >= 11 is 0. The summed E-state index contributed by atoms with van der Waals surface area (Å²) in [5, 5.41) is 6.61. The van der Waals surface area contributed by atoms with E-state index in [1.807, 2.05) is 0 Å². The monoisotopic (exact) mass is 290 g/mol. The van der Waals surface area contributed by atoms with Crippen molar-refractivity contribution in [1.29, 1.82) is 0 Å². The average molecular weight is 290 g/mol. The fourth-order valence-electron chi connectivity index (χ4n) is 7.28. The lowest BCUT2D eigenvalue weighted by Gasteiger charge is -2.65. The first kappa shape index (κ1) is 14.0. The third-order valence-electron chi connectivity index (χ3n) is 6.70. The van der Waals surface area contributed by atoms with Crippen LogP contribution in [0.3, 0.4) is 0 Å². The molecule has 3 nitrogen and oxygen atoms in total. The molecule has 4 bridgehead atoms. The van der Waals surface area contributed by atoms with Crippen LogP contribution in [0.5, 0.6) is 0 Å². The van der Waals surface area contributed by atoms with Crippen molar-refractivity contribution in [3.05, 3.63) is 0 Å². The van der Waals surface area contributed by atoms with Gasteiger partial charge in [0.25, 0.3) is 0 Å². The second kappa shape index (κ2) is 4.47. The third kappa shape index (κ3) is 2.52. The molecule has 4 aliphatic carbocycles. The molecule has 21 heavy (non-hydrogen) atoms.